The maximum Gasteiger partial charge on any atom is 0.346 e. The quantitative estimate of drug-likeness (QED) is 0.709. The van der Waals surface area contributed by atoms with Crippen molar-refractivity contribution in [2.45, 2.75) is 24.5 Å². The molecule has 128 valence electrons. The topological polar surface area (TPSA) is 90.8 Å². The Morgan fingerprint density at radius 1 is 1.48 bits per heavy atom. The number of morpholine rings is 1. The van der Waals surface area contributed by atoms with E-state index in [0.717, 1.165) is 12.3 Å². The van der Waals surface area contributed by atoms with Gasteiger partial charge < -0.3 is 15.3 Å². The van der Waals surface area contributed by atoms with Gasteiger partial charge in [0.15, 0.2) is 0 Å². The first-order valence-corrected chi connectivity index (χ1v) is 9.06. The summed E-state index contributed by atoms with van der Waals surface area (Å²) in [7, 11) is 0. The lowest BCUT2D eigenvalue weighted by Gasteiger charge is -2.44. The summed E-state index contributed by atoms with van der Waals surface area (Å²) in [5.74, 6) is 5.31. The highest BCUT2D eigenvalue weighted by atomic mass is 32.2. The summed E-state index contributed by atoms with van der Waals surface area (Å²) in [6.45, 7) is 2.45. The zero-order valence-electron chi connectivity index (χ0n) is 13.4. The van der Waals surface area contributed by atoms with Crippen molar-refractivity contribution in [2.75, 3.05) is 31.8 Å². The van der Waals surface area contributed by atoms with Gasteiger partial charge in [0.1, 0.15) is 5.54 Å². The van der Waals surface area contributed by atoms with Gasteiger partial charge in [-0.1, -0.05) is 30.3 Å². The first-order valence-electron chi connectivity index (χ1n) is 7.66. The van der Waals surface area contributed by atoms with Gasteiger partial charge >= 0.3 is 5.97 Å². The molecule has 0 amide bonds. The van der Waals surface area contributed by atoms with Gasteiger partial charge in [-0.3, -0.25) is 4.90 Å². The van der Waals surface area contributed by atoms with Gasteiger partial charge in [-0.15, -0.1) is 0 Å². The summed E-state index contributed by atoms with van der Waals surface area (Å²) in [5, 5.41) is 0. The van der Waals surface area contributed by atoms with Crippen LogP contribution in [0.5, 0.6) is 0 Å². The fourth-order valence-electron chi connectivity index (χ4n) is 2.91. The Morgan fingerprint density at radius 3 is 2.87 bits per heavy atom. The van der Waals surface area contributed by atoms with Crippen molar-refractivity contribution in [3.63, 3.8) is 0 Å². The van der Waals surface area contributed by atoms with Crippen molar-refractivity contribution in [2.24, 2.45) is 11.6 Å². The van der Waals surface area contributed by atoms with E-state index in [1.54, 1.807) is 11.8 Å². The van der Waals surface area contributed by atoms with Crippen LogP contribution in [0.15, 0.2) is 30.3 Å². The Hall–Kier alpha value is -1.12. The Bertz CT molecular complexity index is 503. The SMILES string of the molecule is CSCCC(N)(C(=O)ON)C1COCCN1Cc1ccccc1. The maximum atomic E-state index is 12.3. The molecule has 0 aromatic heterocycles. The molecule has 1 saturated heterocycles. The van der Waals surface area contributed by atoms with Gasteiger partial charge in [0.05, 0.1) is 19.3 Å². The molecule has 6 nitrogen and oxygen atoms in total. The van der Waals surface area contributed by atoms with Gasteiger partial charge in [-0.2, -0.15) is 17.7 Å². The third-order valence-electron chi connectivity index (χ3n) is 4.27. The minimum absolute atomic E-state index is 0.264. The first-order chi connectivity index (χ1) is 11.1. The molecule has 1 fully saturated rings. The summed E-state index contributed by atoms with van der Waals surface area (Å²) in [4.78, 5) is 19.0. The van der Waals surface area contributed by atoms with Gasteiger partial charge in [0.2, 0.25) is 0 Å². The van der Waals surface area contributed by atoms with E-state index < -0.39 is 11.5 Å². The van der Waals surface area contributed by atoms with Crippen LogP contribution in [0.3, 0.4) is 0 Å². The van der Waals surface area contributed by atoms with Crippen LogP contribution in [0, 0.1) is 0 Å². The van der Waals surface area contributed by atoms with Crippen LogP contribution in [0.25, 0.3) is 0 Å². The number of rotatable bonds is 7. The molecule has 1 aliphatic rings. The smallest absolute Gasteiger partial charge is 0.346 e. The Labute approximate surface area is 141 Å². The van der Waals surface area contributed by atoms with Crippen molar-refractivity contribution < 1.29 is 14.4 Å². The number of carbonyl (C=O) groups excluding carboxylic acids is 1. The van der Waals surface area contributed by atoms with Crippen molar-refractivity contribution in [1.82, 2.24) is 4.90 Å². The average molecular weight is 339 g/mol. The summed E-state index contributed by atoms with van der Waals surface area (Å²) in [5.41, 5.74) is 6.47. The molecule has 0 spiro atoms. The lowest BCUT2D eigenvalue weighted by molar-refractivity contribution is -0.158. The van der Waals surface area contributed by atoms with E-state index in [4.69, 9.17) is 16.4 Å². The number of hydrogen-bond donors (Lipinski definition) is 2. The highest BCUT2D eigenvalue weighted by Crippen LogP contribution is 2.25. The van der Waals surface area contributed by atoms with Crippen molar-refractivity contribution >= 4 is 17.7 Å². The van der Waals surface area contributed by atoms with E-state index in [-0.39, 0.29) is 6.04 Å². The molecule has 4 N–H and O–H groups in total. The molecule has 1 heterocycles. The molecule has 0 aliphatic carbocycles. The molecular weight excluding hydrogens is 314 g/mol. The van der Waals surface area contributed by atoms with E-state index in [2.05, 4.69) is 21.9 Å². The Kier molecular flexibility index (Phi) is 6.86. The molecule has 23 heavy (non-hydrogen) atoms. The van der Waals surface area contributed by atoms with E-state index in [9.17, 15) is 4.79 Å². The second-order valence-corrected chi connectivity index (χ2v) is 6.72. The molecular formula is C16H25N3O3S. The number of ether oxygens (including phenoxy) is 1. The molecule has 2 atom stereocenters. The lowest BCUT2D eigenvalue weighted by Crippen LogP contribution is -2.67. The van der Waals surface area contributed by atoms with Crippen molar-refractivity contribution in [1.29, 1.82) is 0 Å². The molecule has 7 heteroatoms. The largest absolute Gasteiger partial charge is 0.378 e. The molecule has 2 rings (SSSR count). The number of carbonyl (C=O) groups is 1. The zero-order chi connectivity index (χ0) is 16.7. The van der Waals surface area contributed by atoms with Crippen LogP contribution in [0.1, 0.15) is 12.0 Å². The predicted octanol–water partition coefficient (Wildman–Crippen LogP) is 0.755. The predicted molar refractivity (Wildman–Crippen MR) is 91.7 cm³/mol. The molecule has 1 aromatic carbocycles. The normalized spacial score (nSPS) is 21.6. The van der Waals surface area contributed by atoms with Crippen LogP contribution < -0.4 is 11.6 Å². The minimum Gasteiger partial charge on any atom is -0.378 e. The second-order valence-electron chi connectivity index (χ2n) is 5.74. The van der Waals surface area contributed by atoms with Crippen molar-refractivity contribution in [3.8, 4) is 0 Å². The number of thioether (sulfide) groups is 1. The number of benzene rings is 1. The highest BCUT2D eigenvalue weighted by molar-refractivity contribution is 7.98. The molecule has 2 unspecified atom stereocenters. The van der Waals surface area contributed by atoms with Crippen molar-refractivity contribution in [3.05, 3.63) is 35.9 Å². The van der Waals surface area contributed by atoms with E-state index >= 15 is 0 Å². The molecule has 0 bridgehead atoms. The van der Waals surface area contributed by atoms with Gasteiger partial charge in [-0.05, 0) is 24.0 Å². The van der Waals surface area contributed by atoms with Crippen LogP contribution in [-0.4, -0.2) is 54.2 Å². The fourth-order valence-corrected chi connectivity index (χ4v) is 3.45. The monoisotopic (exact) mass is 339 g/mol. The standard InChI is InChI=1S/C16H25N3O3S/c1-23-10-7-16(17,15(20)22-18)14-12-21-9-8-19(14)11-13-5-3-2-4-6-13/h2-6,14H,7-12,17-18H2,1H3. The molecule has 0 radical (unpaired) electrons. The molecule has 1 aromatic rings. The zero-order valence-corrected chi connectivity index (χ0v) is 14.3. The molecule has 1 aliphatic heterocycles. The van der Waals surface area contributed by atoms with E-state index in [1.165, 1.54) is 5.56 Å². The average Bonchev–Trinajstić information content (AvgIpc) is 2.60. The Morgan fingerprint density at radius 2 is 2.22 bits per heavy atom. The third kappa shape index (κ3) is 4.45. The number of nitrogens with two attached hydrogens (primary N) is 2. The van der Waals surface area contributed by atoms with E-state index in [0.29, 0.717) is 26.2 Å². The van der Waals surface area contributed by atoms with E-state index in [1.807, 2.05) is 24.5 Å². The van der Waals surface area contributed by atoms with Gasteiger partial charge in [0, 0.05) is 13.1 Å². The summed E-state index contributed by atoms with van der Waals surface area (Å²) in [6.07, 6.45) is 2.47. The fraction of sp³-hybridized carbons (Fsp3) is 0.562. The second kappa shape index (κ2) is 8.65. The third-order valence-corrected chi connectivity index (χ3v) is 4.88. The highest BCUT2D eigenvalue weighted by Gasteiger charge is 2.47. The maximum absolute atomic E-state index is 12.3. The number of nitrogens with zero attached hydrogens (tertiary/aromatic N) is 1. The van der Waals surface area contributed by atoms with Crippen LogP contribution in [0.4, 0.5) is 0 Å². The first kappa shape index (κ1) is 18.2. The molecule has 0 saturated carbocycles. The summed E-state index contributed by atoms with van der Waals surface area (Å²) >= 11 is 1.64. The van der Waals surface area contributed by atoms with Crippen LogP contribution in [0.2, 0.25) is 0 Å². The van der Waals surface area contributed by atoms with Gasteiger partial charge in [-0.25, -0.2) is 4.79 Å². The lowest BCUT2D eigenvalue weighted by atomic mass is 9.86. The number of hydrogen-bond acceptors (Lipinski definition) is 7. The van der Waals surface area contributed by atoms with Crippen LogP contribution in [-0.2, 0) is 20.9 Å². The van der Waals surface area contributed by atoms with Crippen LogP contribution >= 0.6 is 11.8 Å². The summed E-state index contributed by atoms with van der Waals surface area (Å²) in [6, 6.07) is 9.85. The Balaban J connectivity index is 2.21. The van der Waals surface area contributed by atoms with Gasteiger partial charge in [0.25, 0.3) is 0 Å². The summed E-state index contributed by atoms with van der Waals surface area (Å²) < 4.78 is 5.59. The minimum atomic E-state index is -1.17.